The second kappa shape index (κ2) is 5.92. The quantitative estimate of drug-likeness (QED) is 0.622. The van der Waals surface area contributed by atoms with E-state index < -0.39 is 0 Å². The number of nitrogen functional groups attached to an aromatic ring is 1. The van der Waals surface area contributed by atoms with Crippen molar-refractivity contribution in [1.29, 1.82) is 0 Å². The van der Waals surface area contributed by atoms with E-state index in [1.165, 1.54) is 11.3 Å². The molecule has 0 aliphatic heterocycles. The van der Waals surface area contributed by atoms with Gasteiger partial charge in [0.15, 0.2) is 4.34 Å². The first-order valence-corrected chi connectivity index (χ1v) is 6.31. The SMILES string of the molecule is CN(C)C(=O)CCCSc1nnc(N)s1. The maximum absolute atomic E-state index is 11.2. The highest BCUT2D eigenvalue weighted by Crippen LogP contribution is 2.24. The predicted octanol–water partition coefficient (Wildman–Crippen LogP) is 1.08. The number of anilines is 1. The van der Waals surface area contributed by atoms with Crippen molar-refractivity contribution in [2.75, 3.05) is 25.6 Å². The smallest absolute Gasteiger partial charge is 0.222 e. The van der Waals surface area contributed by atoms with E-state index in [1.54, 1.807) is 30.8 Å². The van der Waals surface area contributed by atoms with Crippen LogP contribution in [0.1, 0.15) is 12.8 Å². The first-order valence-electron chi connectivity index (χ1n) is 4.51. The summed E-state index contributed by atoms with van der Waals surface area (Å²) in [5.74, 6) is 1.03. The van der Waals surface area contributed by atoms with Gasteiger partial charge < -0.3 is 10.6 Å². The lowest BCUT2D eigenvalue weighted by Gasteiger charge is -2.08. The summed E-state index contributed by atoms with van der Waals surface area (Å²) in [7, 11) is 3.53. The van der Waals surface area contributed by atoms with Gasteiger partial charge >= 0.3 is 0 Å². The first-order chi connectivity index (χ1) is 7.09. The monoisotopic (exact) mass is 246 g/mol. The Labute approximate surface area is 97.1 Å². The molecule has 0 aliphatic carbocycles. The van der Waals surface area contributed by atoms with Gasteiger partial charge in [0.2, 0.25) is 11.0 Å². The Hall–Kier alpha value is -0.820. The zero-order chi connectivity index (χ0) is 11.3. The minimum atomic E-state index is 0.160. The highest BCUT2D eigenvalue weighted by Gasteiger charge is 2.05. The van der Waals surface area contributed by atoms with Gasteiger partial charge in [-0.2, -0.15) is 0 Å². The van der Waals surface area contributed by atoms with Crippen LogP contribution in [0.4, 0.5) is 5.13 Å². The minimum Gasteiger partial charge on any atom is -0.374 e. The fraction of sp³-hybridized carbons (Fsp3) is 0.625. The molecule has 2 N–H and O–H groups in total. The van der Waals surface area contributed by atoms with E-state index in [-0.39, 0.29) is 5.91 Å². The van der Waals surface area contributed by atoms with Crippen molar-refractivity contribution in [2.24, 2.45) is 0 Å². The van der Waals surface area contributed by atoms with Crippen molar-refractivity contribution in [3.63, 3.8) is 0 Å². The number of thioether (sulfide) groups is 1. The maximum Gasteiger partial charge on any atom is 0.222 e. The largest absolute Gasteiger partial charge is 0.374 e. The zero-order valence-electron chi connectivity index (χ0n) is 8.77. The van der Waals surface area contributed by atoms with Crippen LogP contribution < -0.4 is 5.73 Å². The summed E-state index contributed by atoms with van der Waals surface area (Å²) >= 11 is 2.97. The van der Waals surface area contributed by atoms with Crippen molar-refractivity contribution in [2.45, 2.75) is 17.2 Å². The summed E-state index contributed by atoms with van der Waals surface area (Å²) in [5, 5.41) is 8.08. The number of carbonyl (C=O) groups is 1. The molecule has 1 aromatic heterocycles. The lowest BCUT2D eigenvalue weighted by atomic mass is 10.3. The van der Waals surface area contributed by atoms with Crippen LogP contribution in [0.5, 0.6) is 0 Å². The highest BCUT2D eigenvalue weighted by atomic mass is 32.2. The van der Waals surface area contributed by atoms with Gasteiger partial charge in [-0.3, -0.25) is 4.79 Å². The first kappa shape index (κ1) is 12.3. The molecule has 0 bridgehead atoms. The average Bonchev–Trinajstić information content (AvgIpc) is 2.58. The van der Waals surface area contributed by atoms with Gasteiger partial charge in [-0.05, 0) is 6.42 Å². The van der Waals surface area contributed by atoms with E-state index in [2.05, 4.69) is 10.2 Å². The second-order valence-corrected chi connectivity index (χ2v) is 5.50. The standard InChI is InChI=1S/C8H14N4OS2/c1-12(2)6(13)4-3-5-14-8-11-10-7(9)15-8/h3-5H2,1-2H3,(H2,9,10). The van der Waals surface area contributed by atoms with Gasteiger partial charge in [-0.15, -0.1) is 10.2 Å². The number of nitrogens with two attached hydrogens (primary N) is 1. The number of rotatable bonds is 5. The van der Waals surface area contributed by atoms with Crippen LogP contribution in [-0.2, 0) is 4.79 Å². The molecule has 0 fully saturated rings. The van der Waals surface area contributed by atoms with E-state index in [0.717, 1.165) is 16.5 Å². The molecule has 0 saturated carbocycles. The second-order valence-electron chi connectivity index (χ2n) is 3.15. The molecule has 0 unspecified atom stereocenters. The third kappa shape index (κ3) is 4.48. The number of aromatic nitrogens is 2. The Morgan fingerprint density at radius 2 is 2.27 bits per heavy atom. The van der Waals surface area contributed by atoms with E-state index in [9.17, 15) is 4.79 Å². The fourth-order valence-electron chi connectivity index (χ4n) is 0.885. The van der Waals surface area contributed by atoms with Crippen molar-refractivity contribution >= 4 is 34.1 Å². The number of amides is 1. The molecular formula is C8H14N4OS2. The topological polar surface area (TPSA) is 72.1 Å². The fourth-order valence-corrected chi connectivity index (χ4v) is 2.53. The van der Waals surface area contributed by atoms with Crippen LogP contribution in [0.25, 0.3) is 0 Å². The minimum absolute atomic E-state index is 0.160. The van der Waals surface area contributed by atoms with Crippen LogP contribution >= 0.6 is 23.1 Å². The normalized spacial score (nSPS) is 10.3. The molecule has 1 heterocycles. The third-order valence-corrected chi connectivity index (χ3v) is 3.65. The lowest BCUT2D eigenvalue weighted by molar-refractivity contribution is -0.128. The molecule has 1 amide bonds. The molecular weight excluding hydrogens is 232 g/mol. The van der Waals surface area contributed by atoms with Crippen molar-refractivity contribution in [3.05, 3.63) is 0 Å². The number of nitrogens with zero attached hydrogens (tertiary/aromatic N) is 3. The molecule has 15 heavy (non-hydrogen) atoms. The van der Waals surface area contributed by atoms with Crippen molar-refractivity contribution in [1.82, 2.24) is 15.1 Å². The number of hydrogen-bond donors (Lipinski definition) is 1. The Morgan fingerprint density at radius 3 is 2.80 bits per heavy atom. The molecule has 0 saturated heterocycles. The predicted molar refractivity (Wildman–Crippen MR) is 63.0 cm³/mol. The lowest BCUT2D eigenvalue weighted by Crippen LogP contribution is -2.21. The van der Waals surface area contributed by atoms with Crippen LogP contribution in [-0.4, -0.2) is 40.9 Å². The number of carbonyl (C=O) groups excluding carboxylic acids is 1. The van der Waals surface area contributed by atoms with Crippen LogP contribution in [0.15, 0.2) is 4.34 Å². The van der Waals surface area contributed by atoms with E-state index in [0.29, 0.717) is 11.6 Å². The Balaban J connectivity index is 2.15. The summed E-state index contributed by atoms with van der Waals surface area (Å²) < 4.78 is 0.866. The summed E-state index contributed by atoms with van der Waals surface area (Å²) in [5.41, 5.74) is 5.44. The summed E-state index contributed by atoms with van der Waals surface area (Å²) in [4.78, 5) is 12.8. The number of hydrogen-bond acceptors (Lipinski definition) is 6. The van der Waals surface area contributed by atoms with Gasteiger partial charge in [0.25, 0.3) is 0 Å². The van der Waals surface area contributed by atoms with Crippen LogP contribution in [0.3, 0.4) is 0 Å². The average molecular weight is 246 g/mol. The third-order valence-electron chi connectivity index (χ3n) is 1.68. The van der Waals surface area contributed by atoms with Gasteiger partial charge in [0, 0.05) is 26.3 Å². The van der Waals surface area contributed by atoms with Gasteiger partial charge in [-0.1, -0.05) is 23.1 Å². The summed E-state index contributed by atoms with van der Waals surface area (Å²) in [6.07, 6.45) is 1.43. The molecule has 0 aliphatic rings. The molecule has 5 nitrogen and oxygen atoms in total. The molecule has 0 atom stereocenters. The Kier molecular flexibility index (Phi) is 4.83. The zero-order valence-corrected chi connectivity index (χ0v) is 10.4. The molecule has 0 radical (unpaired) electrons. The maximum atomic E-state index is 11.2. The molecule has 7 heteroatoms. The van der Waals surface area contributed by atoms with Gasteiger partial charge in [0.05, 0.1) is 0 Å². The summed E-state index contributed by atoms with van der Waals surface area (Å²) in [6.45, 7) is 0. The van der Waals surface area contributed by atoms with E-state index in [4.69, 9.17) is 5.73 Å². The van der Waals surface area contributed by atoms with Crippen molar-refractivity contribution in [3.8, 4) is 0 Å². The van der Waals surface area contributed by atoms with Gasteiger partial charge in [-0.25, -0.2) is 0 Å². The molecule has 84 valence electrons. The van der Waals surface area contributed by atoms with Crippen LogP contribution in [0, 0.1) is 0 Å². The van der Waals surface area contributed by atoms with E-state index >= 15 is 0 Å². The Morgan fingerprint density at radius 1 is 1.53 bits per heavy atom. The molecule has 1 aromatic rings. The molecule has 0 spiro atoms. The van der Waals surface area contributed by atoms with E-state index in [1.807, 2.05) is 0 Å². The highest BCUT2D eigenvalue weighted by molar-refractivity contribution is 8.01. The van der Waals surface area contributed by atoms with Crippen molar-refractivity contribution < 1.29 is 4.79 Å². The van der Waals surface area contributed by atoms with Gasteiger partial charge in [0.1, 0.15) is 0 Å². The summed E-state index contributed by atoms with van der Waals surface area (Å²) in [6, 6.07) is 0. The Bertz CT molecular complexity index is 326. The van der Waals surface area contributed by atoms with Crippen LogP contribution in [0.2, 0.25) is 0 Å². The molecule has 0 aromatic carbocycles. The molecule has 1 rings (SSSR count).